The van der Waals surface area contributed by atoms with E-state index in [9.17, 15) is 9.59 Å². The summed E-state index contributed by atoms with van der Waals surface area (Å²) in [6.07, 6.45) is 3.42. The number of hydrogen-bond donors (Lipinski definition) is 2. The van der Waals surface area contributed by atoms with Crippen molar-refractivity contribution in [1.82, 2.24) is 15.3 Å². The van der Waals surface area contributed by atoms with E-state index >= 15 is 0 Å². The lowest BCUT2D eigenvalue weighted by molar-refractivity contribution is 0.0942. The molecule has 7 heteroatoms. The predicted octanol–water partition coefficient (Wildman–Crippen LogP) is 1.16. The smallest absolute Gasteiger partial charge is 0.270 e. The maximum atomic E-state index is 11.9. The van der Waals surface area contributed by atoms with E-state index in [1.165, 1.54) is 24.1 Å². The minimum Gasteiger partial charge on any atom is -0.467 e. The van der Waals surface area contributed by atoms with Gasteiger partial charge in [0, 0.05) is 6.07 Å². The largest absolute Gasteiger partial charge is 0.467 e. The third kappa shape index (κ3) is 3.72. The lowest BCUT2D eigenvalue weighted by Gasteiger charge is -2.04. The van der Waals surface area contributed by atoms with Crippen LogP contribution in [0, 0.1) is 0 Å². The number of H-pyrrole nitrogens is 1. The van der Waals surface area contributed by atoms with Crippen molar-refractivity contribution in [2.75, 3.05) is 6.26 Å². The van der Waals surface area contributed by atoms with E-state index in [0.717, 1.165) is 0 Å². The molecule has 2 heterocycles. The molecule has 0 fully saturated rings. The third-order valence-electron chi connectivity index (χ3n) is 2.31. The van der Waals surface area contributed by atoms with E-state index in [1.54, 1.807) is 12.1 Å². The first-order valence-corrected chi connectivity index (χ1v) is 6.98. The van der Waals surface area contributed by atoms with Crippen molar-refractivity contribution in [2.45, 2.75) is 12.3 Å². The molecule has 0 saturated heterocycles. The number of hydrogen-bond acceptors (Lipinski definition) is 5. The molecule has 0 aliphatic heterocycles. The fraction of sp³-hybridized carbons (Fsp3) is 0.250. The highest BCUT2D eigenvalue weighted by Gasteiger charge is 2.10. The molecule has 2 rings (SSSR count). The van der Waals surface area contributed by atoms with Crippen molar-refractivity contribution in [2.24, 2.45) is 0 Å². The number of aromatic amines is 1. The number of carbonyl (C=O) groups is 1. The summed E-state index contributed by atoms with van der Waals surface area (Å²) in [6, 6.07) is 4.68. The average Bonchev–Trinajstić information content (AvgIpc) is 2.88. The second-order valence-corrected chi connectivity index (χ2v) is 4.64. The Morgan fingerprint density at radius 1 is 1.58 bits per heavy atom. The molecule has 1 amide bonds. The first-order chi connectivity index (χ1) is 9.19. The van der Waals surface area contributed by atoms with Crippen molar-refractivity contribution in [3.63, 3.8) is 0 Å². The van der Waals surface area contributed by atoms with E-state index in [0.29, 0.717) is 17.3 Å². The molecular formula is C12H13N3O3S. The van der Waals surface area contributed by atoms with Gasteiger partial charge in [0.1, 0.15) is 17.3 Å². The Hall–Kier alpha value is -2.02. The number of rotatable bonds is 5. The molecule has 0 aliphatic rings. The monoisotopic (exact) mass is 279 g/mol. The molecule has 0 saturated carbocycles. The molecule has 0 radical (unpaired) electrons. The van der Waals surface area contributed by atoms with E-state index in [2.05, 4.69) is 15.3 Å². The van der Waals surface area contributed by atoms with Gasteiger partial charge in [-0.3, -0.25) is 9.59 Å². The predicted molar refractivity (Wildman–Crippen MR) is 72.0 cm³/mol. The maximum absolute atomic E-state index is 11.9. The van der Waals surface area contributed by atoms with E-state index in [1.807, 2.05) is 6.26 Å². The molecule has 0 spiro atoms. The molecule has 2 aromatic heterocycles. The van der Waals surface area contributed by atoms with Crippen LogP contribution < -0.4 is 10.9 Å². The van der Waals surface area contributed by atoms with Crippen LogP contribution in [0.25, 0.3) is 0 Å². The molecule has 0 unspecified atom stereocenters. The van der Waals surface area contributed by atoms with Gasteiger partial charge in [-0.05, 0) is 18.4 Å². The summed E-state index contributed by atoms with van der Waals surface area (Å²) in [5.74, 6) is 1.28. The van der Waals surface area contributed by atoms with Crippen molar-refractivity contribution >= 4 is 17.7 Å². The van der Waals surface area contributed by atoms with Crippen molar-refractivity contribution < 1.29 is 9.21 Å². The Balaban J connectivity index is 2.07. The quantitative estimate of drug-likeness (QED) is 0.857. The van der Waals surface area contributed by atoms with Crippen LogP contribution in [-0.4, -0.2) is 22.1 Å². The molecular weight excluding hydrogens is 266 g/mol. The molecule has 19 heavy (non-hydrogen) atoms. The Kier molecular flexibility index (Phi) is 4.40. The fourth-order valence-corrected chi connectivity index (χ4v) is 1.91. The van der Waals surface area contributed by atoms with E-state index in [-0.39, 0.29) is 17.8 Å². The fourth-order valence-electron chi connectivity index (χ4n) is 1.50. The molecule has 2 N–H and O–H groups in total. The van der Waals surface area contributed by atoms with Gasteiger partial charge in [0.15, 0.2) is 0 Å². The summed E-state index contributed by atoms with van der Waals surface area (Å²) in [5.41, 5.74) is -0.221. The zero-order chi connectivity index (χ0) is 13.7. The third-order valence-corrected chi connectivity index (χ3v) is 2.87. The summed E-state index contributed by atoms with van der Waals surface area (Å²) >= 11 is 1.52. The van der Waals surface area contributed by atoms with Crippen LogP contribution >= 0.6 is 11.8 Å². The van der Waals surface area contributed by atoms with Gasteiger partial charge in [-0.25, -0.2) is 4.98 Å². The Morgan fingerprint density at radius 3 is 3.11 bits per heavy atom. The number of aromatic nitrogens is 2. The summed E-state index contributed by atoms with van der Waals surface area (Å²) in [4.78, 5) is 30.0. The number of nitrogens with zero attached hydrogens (tertiary/aromatic N) is 1. The molecule has 6 nitrogen and oxygen atoms in total. The van der Waals surface area contributed by atoms with Gasteiger partial charge < -0.3 is 14.7 Å². The highest BCUT2D eigenvalue weighted by atomic mass is 32.2. The molecule has 0 bridgehead atoms. The zero-order valence-corrected chi connectivity index (χ0v) is 11.1. The molecule has 0 aliphatic carbocycles. The van der Waals surface area contributed by atoms with Gasteiger partial charge >= 0.3 is 0 Å². The highest BCUT2D eigenvalue weighted by Crippen LogP contribution is 2.03. The average molecular weight is 279 g/mol. The number of thioether (sulfide) groups is 1. The molecule has 2 aromatic rings. The summed E-state index contributed by atoms with van der Waals surface area (Å²) in [7, 11) is 0. The first-order valence-electron chi connectivity index (χ1n) is 5.59. The Bertz CT molecular complexity index is 607. The Labute approximate surface area is 113 Å². The minimum atomic E-state index is -0.398. The van der Waals surface area contributed by atoms with Crippen molar-refractivity contribution in [3.05, 3.63) is 52.1 Å². The van der Waals surface area contributed by atoms with Crippen LogP contribution in [0.3, 0.4) is 0 Å². The van der Waals surface area contributed by atoms with Crippen LogP contribution in [0.2, 0.25) is 0 Å². The van der Waals surface area contributed by atoms with Crippen LogP contribution in [0.1, 0.15) is 22.1 Å². The standard InChI is InChI=1S/C12H13N3O3S/c1-19-7-10-14-9(5-11(16)15-10)12(17)13-6-8-3-2-4-18-8/h2-5H,6-7H2,1H3,(H,13,17)(H,14,15,16). The zero-order valence-electron chi connectivity index (χ0n) is 10.3. The maximum Gasteiger partial charge on any atom is 0.270 e. The van der Waals surface area contributed by atoms with E-state index in [4.69, 9.17) is 4.42 Å². The van der Waals surface area contributed by atoms with Crippen molar-refractivity contribution in [3.8, 4) is 0 Å². The van der Waals surface area contributed by atoms with Crippen LogP contribution in [0.15, 0.2) is 33.7 Å². The van der Waals surface area contributed by atoms with Gasteiger partial charge in [0.25, 0.3) is 11.5 Å². The molecule has 0 aromatic carbocycles. The Morgan fingerprint density at radius 2 is 2.42 bits per heavy atom. The van der Waals surface area contributed by atoms with Crippen LogP contribution in [0.5, 0.6) is 0 Å². The topological polar surface area (TPSA) is 88.0 Å². The van der Waals surface area contributed by atoms with Crippen molar-refractivity contribution in [1.29, 1.82) is 0 Å². The summed E-state index contributed by atoms with van der Waals surface area (Å²) < 4.78 is 5.10. The minimum absolute atomic E-state index is 0.111. The van der Waals surface area contributed by atoms with Gasteiger partial charge in [0.05, 0.1) is 18.6 Å². The SMILES string of the molecule is CSCc1nc(C(=O)NCc2ccco2)cc(=O)[nH]1. The lowest BCUT2D eigenvalue weighted by Crippen LogP contribution is -2.26. The molecule has 100 valence electrons. The first kappa shape index (κ1) is 13.4. The normalized spacial score (nSPS) is 10.4. The summed E-state index contributed by atoms with van der Waals surface area (Å²) in [5, 5.41) is 2.64. The highest BCUT2D eigenvalue weighted by molar-refractivity contribution is 7.97. The molecule has 0 atom stereocenters. The summed E-state index contributed by atoms with van der Waals surface area (Å²) in [6.45, 7) is 0.262. The second kappa shape index (κ2) is 6.24. The number of furan rings is 1. The van der Waals surface area contributed by atoms with E-state index < -0.39 is 5.91 Å². The van der Waals surface area contributed by atoms with Crippen LogP contribution in [-0.2, 0) is 12.3 Å². The number of carbonyl (C=O) groups excluding carboxylic acids is 1. The van der Waals surface area contributed by atoms with Crippen LogP contribution in [0.4, 0.5) is 0 Å². The number of nitrogens with one attached hydrogen (secondary N) is 2. The number of amides is 1. The van der Waals surface area contributed by atoms with Gasteiger partial charge in [0.2, 0.25) is 0 Å². The van der Waals surface area contributed by atoms with Gasteiger partial charge in [-0.1, -0.05) is 0 Å². The second-order valence-electron chi connectivity index (χ2n) is 3.77. The lowest BCUT2D eigenvalue weighted by atomic mass is 10.3. The van der Waals surface area contributed by atoms with Gasteiger partial charge in [-0.15, -0.1) is 0 Å². The van der Waals surface area contributed by atoms with Gasteiger partial charge in [-0.2, -0.15) is 11.8 Å².